The quantitative estimate of drug-likeness (QED) is 0.577. The highest BCUT2D eigenvalue weighted by molar-refractivity contribution is 5.83. The molecular weight excluding hydrogens is 318 g/mol. The van der Waals surface area contributed by atoms with Gasteiger partial charge in [0.1, 0.15) is 5.60 Å². The molecular formula is C20H29NO4. The van der Waals surface area contributed by atoms with Gasteiger partial charge in [-0.15, -0.1) is 0 Å². The maximum Gasteiger partial charge on any atom is 0.333 e. The van der Waals surface area contributed by atoms with Crippen molar-refractivity contribution >= 4 is 11.9 Å². The Morgan fingerprint density at radius 3 is 2.40 bits per heavy atom. The summed E-state index contributed by atoms with van der Waals surface area (Å²) in [4.78, 5) is 23.8. The third kappa shape index (κ3) is 9.55. The largest absolute Gasteiger partial charge is 0.466 e. The van der Waals surface area contributed by atoms with Crippen LogP contribution >= 0.6 is 0 Å². The molecule has 0 bridgehead atoms. The molecule has 0 fully saturated rings. The average Bonchev–Trinajstić information content (AvgIpc) is 2.45. The van der Waals surface area contributed by atoms with Gasteiger partial charge in [0.15, 0.2) is 0 Å². The van der Waals surface area contributed by atoms with Crippen LogP contribution in [0.4, 0.5) is 0 Å². The molecule has 0 aromatic heterocycles. The summed E-state index contributed by atoms with van der Waals surface area (Å²) < 4.78 is 10.3. The van der Waals surface area contributed by atoms with Gasteiger partial charge in [-0.05, 0) is 46.6 Å². The summed E-state index contributed by atoms with van der Waals surface area (Å²) in [5.41, 5.74) is 1.22. The zero-order chi connectivity index (χ0) is 18.9. The van der Waals surface area contributed by atoms with E-state index in [1.807, 2.05) is 51.1 Å². The maximum absolute atomic E-state index is 11.9. The fourth-order valence-electron chi connectivity index (χ4n) is 2.37. The normalized spacial score (nSPS) is 13.1. The molecule has 5 nitrogen and oxygen atoms in total. The van der Waals surface area contributed by atoms with E-state index in [9.17, 15) is 9.59 Å². The lowest BCUT2D eigenvalue weighted by atomic mass is 10.0. The molecule has 1 aromatic carbocycles. The molecule has 138 valence electrons. The predicted octanol–water partition coefficient (Wildman–Crippen LogP) is 3.39. The van der Waals surface area contributed by atoms with Crippen LogP contribution in [0.1, 0.15) is 46.6 Å². The molecule has 0 heterocycles. The topological polar surface area (TPSA) is 64.6 Å². The smallest absolute Gasteiger partial charge is 0.333 e. The molecule has 0 aliphatic heterocycles. The fraction of sp³-hybridized carbons (Fsp3) is 0.500. The molecule has 1 N–H and O–H groups in total. The van der Waals surface area contributed by atoms with Crippen molar-refractivity contribution in [2.24, 2.45) is 0 Å². The zero-order valence-corrected chi connectivity index (χ0v) is 15.8. The Labute approximate surface area is 150 Å². The second kappa shape index (κ2) is 9.87. The minimum atomic E-state index is -0.539. The number of nitrogens with one attached hydrogen (secondary N) is 1. The molecule has 0 aliphatic rings. The van der Waals surface area contributed by atoms with Gasteiger partial charge < -0.3 is 14.8 Å². The van der Waals surface area contributed by atoms with Crippen molar-refractivity contribution < 1.29 is 19.1 Å². The third-order valence-electron chi connectivity index (χ3n) is 3.22. The van der Waals surface area contributed by atoms with Crippen LogP contribution in [-0.2, 0) is 25.5 Å². The molecule has 1 aromatic rings. The highest BCUT2D eigenvalue weighted by atomic mass is 16.6. The van der Waals surface area contributed by atoms with Gasteiger partial charge in [-0.2, -0.15) is 0 Å². The van der Waals surface area contributed by atoms with E-state index < -0.39 is 11.6 Å². The summed E-state index contributed by atoms with van der Waals surface area (Å²) in [5, 5.41) is 3.23. The number of hydrogen-bond acceptors (Lipinski definition) is 5. The van der Waals surface area contributed by atoms with E-state index in [0.717, 1.165) is 5.56 Å². The lowest BCUT2D eigenvalue weighted by Gasteiger charge is -2.21. The first-order valence-electron chi connectivity index (χ1n) is 8.57. The van der Waals surface area contributed by atoms with Crippen molar-refractivity contribution in [3.8, 4) is 0 Å². The second-order valence-electron chi connectivity index (χ2n) is 6.90. The van der Waals surface area contributed by atoms with Crippen LogP contribution in [0.3, 0.4) is 0 Å². The zero-order valence-electron chi connectivity index (χ0n) is 15.8. The highest BCUT2D eigenvalue weighted by Crippen LogP contribution is 2.10. The van der Waals surface area contributed by atoms with E-state index in [2.05, 4.69) is 5.32 Å². The average molecular weight is 347 g/mol. The Bertz CT molecular complexity index is 587. The molecule has 5 heteroatoms. The van der Waals surface area contributed by atoms with E-state index >= 15 is 0 Å². The number of esters is 2. The van der Waals surface area contributed by atoms with Gasteiger partial charge in [0.05, 0.1) is 13.0 Å². The van der Waals surface area contributed by atoms with Gasteiger partial charge in [0.2, 0.25) is 0 Å². The van der Waals surface area contributed by atoms with Crippen LogP contribution in [-0.4, -0.2) is 30.2 Å². The SMILES string of the molecule is CCOC(=O)CC(Cc1ccccc1)N/C(C)=C\C(=O)OC(C)(C)C. The van der Waals surface area contributed by atoms with Crippen LogP contribution in [0.2, 0.25) is 0 Å². The van der Waals surface area contributed by atoms with Crippen LogP contribution in [0.15, 0.2) is 42.1 Å². The summed E-state index contributed by atoms with van der Waals surface area (Å²) in [7, 11) is 0. The highest BCUT2D eigenvalue weighted by Gasteiger charge is 2.17. The Kier molecular flexibility index (Phi) is 8.19. The minimum Gasteiger partial charge on any atom is -0.466 e. The lowest BCUT2D eigenvalue weighted by Crippen LogP contribution is -2.33. The Hall–Kier alpha value is -2.30. The van der Waals surface area contributed by atoms with E-state index in [-0.39, 0.29) is 18.4 Å². The van der Waals surface area contributed by atoms with Crippen LogP contribution in [0.25, 0.3) is 0 Å². The molecule has 0 aliphatic carbocycles. The second-order valence-corrected chi connectivity index (χ2v) is 6.90. The third-order valence-corrected chi connectivity index (χ3v) is 3.22. The number of benzene rings is 1. The molecule has 1 rings (SSSR count). The molecule has 1 atom stereocenters. The van der Waals surface area contributed by atoms with Crippen molar-refractivity contribution in [3.05, 3.63) is 47.7 Å². The number of rotatable bonds is 8. The van der Waals surface area contributed by atoms with E-state index in [4.69, 9.17) is 9.47 Å². The number of ether oxygens (including phenoxy) is 2. The van der Waals surface area contributed by atoms with E-state index in [0.29, 0.717) is 18.7 Å². The van der Waals surface area contributed by atoms with Crippen molar-refractivity contribution in [2.75, 3.05) is 6.61 Å². The van der Waals surface area contributed by atoms with Crippen LogP contribution < -0.4 is 5.32 Å². The summed E-state index contributed by atoms with van der Waals surface area (Å²) in [6.45, 7) is 9.38. The maximum atomic E-state index is 11.9. The summed E-state index contributed by atoms with van der Waals surface area (Å²) in [6, 6.07) is 9.71. The first-order chi connectivity index (χ1) is 11.7. The molecule has 0 amide bonds. The van der Waals surface area contributed by atoms with Gasteiger partial charge in [-0.1, -0.05) is 30.3 Å². The monoisotopic (exact) mass is 347 g/mol. The molecule has 25 heavy (non-hydrogen) atoms. The number of carbonyl (C=O) groups excluding carboxylic acids is 2. The van der Waals surface area contributed by atoms with Gasteiger partial charge in [-0.25, -0.2) is 4.79 Å². The van der Waals surface area contributed by atoms with Gasteiger partial charge in [0.25, 0.3) is 0 Å². The fourth-order valence-corrected chi connectivity index (χ4v) is 2.37. The van der Waals surface area contributed by atoms with E-state index in [1.54, 1.807) is 13.8 Å². The summed E-state index contributed by atoms with van der Waals surface area (Å²) in [6.07, 6.45) is 2.29. The van der Waals surface area contributed by atoms with Gasteiger partial charge in [0, 0.05) is 17.8 Å². The van der Waals surface area contributed by atoms with Crippen LogP contribution in [0, 0.1) is 0 Å². The van der Waals surface area contributed by atoms with Crippen molar-refractivity contribution in [1.82, 2.24) is 5.32 Å². The van der Waals surface area contributed by atoms with Crippen molar-refractivity contribution in [2.45, 2.75) is 59.1 Å². The van der Waals surface area contributed by atoms with E-state index in [1.165, 1.54) is 6.08 Å². The predicted molar refractivity (Wildman–Crippen MR) is 97.9 cm³/mol. The molecule has 1 unspecified atom stereocenters. The van der Waals surface area contributed by atoms with Crippen LogP contribution in [0.5, 0.6) is 0 Å². The molecule has 0 spiro atoms. The summed E-state index contributed by atoms with van der Waals surface area (Å²) >= 11 is 0. The first-order valence-corrected chi connectivity index (χ1v) is 8.57. The molecule has 0 saturated heterocycles. The van der Waals surface area contributed by atoms with Crippen molar-refractivity contribution in [1.29, 1.82) is 0 Å². The standard InChI is InChI=1S/C20H29NO4/c1-6-24-18(22)14-17(13-16-10-8-7-9-11-16)21-15(2)12-19(23)25-20(3,4)5/h7-12,17,21H,6,13-14H2,1-5H3/b15-12-. The van der Waals surface area contributed by atoms with Gasteiger partial charge >= 0.3 is 11.9 Å². The summed E-state index contributed by atoms with van der Waals surface area (Å²) in [5.74, 6) is -0.673. The lowest BCUT2D eigenvalue weighted by molar-refractivity contribution is -0.148. The Balaban J connectivity index is 2.77. The molecule has 0 radical (unpaired) electrons. The Morgan fingerprint density at radius 1 is 1.20 bits per heavy atom. The van der Waals surface area contributed by atoms with Crippen molar-refractivity contribution in [3.63, 3.8) is 0 Å². The van der Waals surface area contributed by atoms with Gasteiger partial charge in [-0.3, -0.25) is 4.79 Å². The number of allylic oxidation sites excluding steroid dienone is 1. The minimum absolute atomic E-state index is 0.167. The Morgan fingerprint density at radius 2 is 1.84 bits per heavy atom. The number of carbonyl (C=O) groups is 2. The first kappa shape index (κ1) is 20.7. The molecule has 0 saturated carbocycles. The number of hydrogen-bond donors (Lipinski definition) is 1.